The Morgan fingerprint density at radius 2 is 1.70 bits per heavy atom. The van der Waals surface area contributed by atoms with Gasteiger partial charge in [0.2, 0.25) is 0 Å². The number of urea groups is 1. The van der Waals surface area contributed by atoms with Crippen molar-refractivity contribution in [2.75, 3.05) is 46.3 Å². The van der Waals surface area contributed by atoms with E-state index in [-0.39, 0.29) is 12.1 Å². The topological polar surface area (TPSA) is 84.9 Å². The van der Waals surface area contributed by atoms with Gasteiger partial charge >= 0.3 is 6.03 Å². The van der Waals surface area contributed by atoms with E-state index in [9.17, 15) is 4.79 Å². The van der Waals surface area contributed by atoms with Crippen molar-refractivity contribution in [1.82, 2.24) is 9.80 Å². The van der Waals surface area contributed by atoms with Gasteiger partial charge in [0, 0.05) is 37.8 Å². The molecule has 192 valence electrons. The lowest BCUT2D eigenvalue weighted by Gasteiger charge is -2.41. The number of hydrogen-bond donors (Lipinski definition) is 1. The third-order valence-corrected chi connectivity index (χ3v) is 6.58. The summed E-state index contributed by atoms with van der Waals surface area (Å²) in [5.41, 5.74) is 2.23. The Labute approximate surface area is 216 Å². The molecule has 0 aromatic heterocycles. The van der Waals surface area contributed by atoms with E-state index in [4.69, 9.17) is 23.9 Å². The van der Waals surface area contributed by atoms with Crippen LogP contribution in [0.2, 0.25) is 0 Å². The summed E-state index contributed by atoms with van der Waals surface area (Å²) in [5, 5.41) is 2.98. The van der Waals surface area contributed by atoms with Crippen molar-refractivity contribution >= 4 is 23.2 Å². The van der Waals surface area contributed by atoms with E-state index in [1.54, 1.807) is 39.5 Å². The first-order valence-electron chi connectivity index (χ1n) is 12.1. The third-order valence-electron chi connectivity index (χ3n) is 6.58. The average molecular weight is 503 g/mol. The zero-order chi connectivity index (χ0) is 25.9. The highest BCUT2D eigenvalue weighted by atomic mass is 16.5. The Balaban J connectivity index is 1.37. The number of para-hydroxylation sites is 2. The first kappa shape index (κ1) is 24.3. The van der Waals surface area contributed by atoms with Crippen LogP contribution in [0.3, 0.4) is 0 Å². The minimum Gasteiger partial charge on any atom is -0.497 e. The maximum Gasteiger partial charge on any atom is 0.322 e. The second-order valence-electron chi connectivity index (χ2n) is 8.85. The minimum atomic E-state index is -0.183. The monoisotopic (exact) mass is 502 g/mol. The van der Waals surface area contributed by atoms with Gasteiger partial charge in [0.05, 0.1) is 32.6 Å². The second kappa shape index (κ2) is 10.3. The van der Waals surface area contributed by atoms with Crippen LogP contribution in [0.5, 0.6) is 28.7 Å². The standard InChI is InChI=1S/C28H30N4O5/c1-18-17-31(13-14-32(18)28(33)30-23-12-10-20(35-3)16-26(23)36-4)27-21-11-9-19(34-2)15-25(21)37-24-8-6-5-7-22(24)29-27/h5-12,15-16,18H,13-14,17H2,1-4H3,(H,30,33). The summed E-state index contributed by atoms with van der Waals surface area (Å²) in [6, 6.07) is 18.5. The molecule has 1 atom stereocenters. The lowest BCUT2D eigenvalue weighted by molar-refractivity contribution is 0.144. The maximum absolute atomic E-state index is 13.2. The van der Waals surface area contributed by atoms with Crippen molar-refractivity contribution in [1.29, 1.82) is 0 Å². The number of hydrogen-bond acceptors (Lipinski definition) is 7. The lowest BCUT2D eigenvalue weighted by Crippen LogP contribution is -2.56. The molecule has 0 aliphatic carbocycles. The van der Waals surface area contributed by atoms with E-state index in [2.05, 4.69) is 10.2 Å². The number of amidine groups is 1. The van der Waals surface area contributed by atoms with Gasteiger partial charge in [0.25, 0.3) is 0 Å². The van der Waals surface area contributed by atoms with Crippen molar-refractivity contribution in [2.24, 2.45) is 4.99 Å². The largest absolute Gasteiger partial charge is 0.497 e. The van der Waals surface area contributed by atoms with Gasteiger partial charge < -0.3 is 34.1 Å². The molecule has 2 aliphatic rings. The van der Waals surface area contributed by atoms with Crippen molar-refractivity contribution in [3.8, 4) is 28.7 Å². The smallest absolute Gasteiger partial charge is 0.322 e. The average Bonchev–Trinajstić information content (AvgIpc) is 3.09. The van der Waals surface area contributed by atoms with Crippen LogP contribution >= 0.6 is 0 Å². The van der Waals surface area contributed by atoms with Crippen LogP contribution in [0.4, 0.5) is 16.2 Å². The molecule has 37 heavy (non-hydrogen) atoms. The predicted molar refractivity (Wildman–Crippen MR) is 142 cm³/mol. The van der Waals surface area contributed by atoms with Crippen molar-refractivity contribution in [3.05, 3.63) is 66.2 Å². The zero-order valence-corrected chi connectivity index (χ0v) is 21.4. The number of rotatable bonds is 4. The molecule has 2 heterocycles. The molecule has 1 N–H and O–H groups in total. The molecule has 3 aromatic carbocycles. The normalized spacial score (nSPS) is 16.4. The molecule has 2 amide bonds. The van der Waals surface area contributed by atoms with Gasteiger partial charge in [-0.3, -0.25) is 0 Å². The fourth-order valence-corrected chi connectivity index (χ4v) is 4.61. The van der Waals surface area contributed by atoms with E-state index in [1.807, 2.05) is 54.3 Å². The summed E-state index contributed by atoms with van der Waals surface area (Å²) in [6.45, 7) is 3.79. The molecule has 0 bridgehead atoms. The fourth-order valence-electron chi connectivity index (χ4n) is 4.61. The number of nitrogens with zero attached hydrogens (tertiary/aromatic N) is 3. The molecule has 5 rings (SSSR count). The zero-order valence-electron chi connectivity index (χ0n) is 21.4. The minimum absolute atomic E-state index is 0.0678. The fraction of sp³-hybridized carbons (Fsp3) is 0.286. The second-order valence-corrected chi connectivity index (χ2v) is 8.85. The van der Waals surface area contributed by atoms with E-state index < -0.39 is 0 Å². The summed E-state index contributed by atoms with van der Waals surface area (Å²) in [7, 11) is 4.79. The van der Waals surface area contributed by atoms with Crippen molar-refractivity contribution < 1.29 is 23.7 Å². The quantitative estimate of drug-likeness (QED) is 0.532. The number of carbonyl (C=O) groups excluding carboxylic acids is 1. The highest BCUT2D eigenvalue weighted by Gasteiger charge is 2.32. The van der Waals surface area contributed by atoms with E-state index in [0.29, 0.717) is 54.1 Å². The molecule has 0 radical (unpaired) electrons. The van der Waals surface area contributed by atoms with Gasteiger partial charge in [-0.25, -0.2) is 9.79 Å². The molecule has 0 spiro atoms. The van der Waals surface area contributed by atoms with Crippen molar-refractivity contribution in [3.63, 3.8) is 0 Å². The number of aliphatic imine (C=N–C) groups is 1. The molecule has 9 heteroatoms. The van der Waals surface area contributed by atoms with Crippen LogP contribution in [0.25, 0.3) is 0 Å². The number of anilines is 1. The van der Waals surface area contributed by atoms with Gasteiger partial charge in [-0.1, -0.05) is 12.1 Å². The molecule has 1 saturated heterocycles. The van der Waals surface area contributed by atoms with E-state index >= 15 is 0 Å². The van der Waals surface area contributed by atoms with Crippen LogP contribution in [-0.4, -0.2) is 68.7 Å². The van der Waals surface area contributed by atoms with Crippen LogP contribution in [0.1, 0.15) is 12.5 Å². The number of fused-ring (bicyclic) bond motifs is 2. The van der Waals surface area contributed by atoms with Crippen molar-refractivity contribution in [2.45, 2.75) is 13.0 Å². The number of methoxy groups -OCH3 is 3. The molecule has 1 unspecified atom stereocenters. The SMILES string of the molecule is COc1ccc(NC(=O)N2CCN(C3=Nc4ccccc4Oc4cc(OC)ccc43)CC2C)c(OC)c1. The highest BCUT2D eigenvalue weighted by Crippen LogP contribution is 2.39. The number of amides is 2. The Morgan fingerprint density at radius 1 is 0.946 bits per heavy atom. The Bertz CT molecular complexity index is 1340. The first-order chi connectivity index (χ1) is 18.0. The summed E-state index contributed by atoms with van der Waals surface area (Å²) < 4.78 is 22.3. The number of benzene rings is 3. The third kappa shape index (κ3) is 4.84. The molecule has 1 fully saturated rings. The molecule has 0 saturated carbocycles. The molecule has 2 aliphatic heterocycles. The highest BCUT2D eigenvalue weighted by molar-refractivity contribution is 6.04. The Morgan fingerprint density at radius 3 is 2.46 bits per heavy atom. The van der Waals surface area contributed by atoms with E-state index in [1.165, 1.54) is 0 Å². The van der Waals surface area contributed by atoms with Crippen LogP contribution in [0, 0.1) is 0 Å². The lowest BCUT2D eigenvalue weighted by atomic mass is 10.1. The van der Waals surface area contributed by atoms with Gasteiger partial charge in [-0.05, 0) is 43.3 Å². The summed E-state index contributed by atoms with van der Waals surface area (Å²) in [6.07, 6.45) is 0. The number of ether oxygens (including phenoxy) is 4. The molecule has 3 aromatic rings. The van der Waals surface area contributed by atoms with Crippen LogP contribution < -0.4 is 24.3 Å². The first-order valence-corrected chi connectivity index (χ1v) is 12.1. The maximum atomic E-state index is 13.2. The van der Waals surface area contributed by atoms with Crippen LogP contribution in [-0.2, 0) is 0 Å². The van der Waals surface area contributed by atoms with Crippen LogP contribution in [0.15, 0.2) is 65.7 Å². The molecular weight excluding hydrogens is 472 g/mol. The number of nitrogens with one attached hydrogen (secondary N) is 1. The predicted octanol–water partition coefficient (Wildman–Crippen LogP) is 5.13. The molecular formula is C28H30N4O5. The summed E-state index contributed by atoms with van der Waals surface area (Å²) in [4.78, 5) is 22.3. The Hall–Kier alpha value is -4.40. The molecule has 9 nitrogen and oxygen atoms in total. The van der Waals surface area contributed by atoms with Gasteiger partial charge in [-0.2, -0.15) is 0 Å². The number of carbonyl (C=O) groups is 1. The van der Waals surface area contributed by atoms with Gasteiger partial charge in [-0.15, -0.1) is 0 Å². The van der Waals surface area contributed by atoms with Gasteiger partial charge in [0.1, 0.15) is 34.5 Å². The summed E-state index contributed by atoms with van der Waals surface area (Å²) in [5.74, 6) is 4.09. The number of piperazine rings is 1. The van der Waals surface area contributed by atoms with E-state index in [0.717, 1.165) is 17.1 Å². The summed E-state index contributed by atoms with van der Waals surface area (Å²) >= 11 is 0. The van der Waals surface area contributed by atoms with Gasteiger partial charge in [0.15, 0.2) is 5.75 Å². The Kier molecular flexibility index (Phi) is 6.76.